The Balaban J connectivity index is 2.52. The van der Waals surface area contributed by atoms with Crippen molar-refractivity contribution in [1.29, 1.82) is 0 Å². The summed E-state index contributed by atoms with van der Waals surface area (Å²) in [5.41, 5.74) is 1.85. The van der Waals surface area contributed by atoms with Gasteiger partial charge in [0, 0.05) is 5.88 Å². The van der Waals surface area contributed by atoms with Crippen LogP contribution in [0, 0.1) is 6.92 Å². The maximum absolute atomic E-state index is 11.8. The topological polar surface area (TPSA) is 43.4 Å². The molecular weight excluding hydrogens is 260 g/mol. The second-order valence-electron chi connectivity index (χ2n) is 3.82. The van der Waals surface area contributed by atoms with Gasteiger partial charge in [0.15, 0.2) is 9.84 Å². The highest BCUT2D eigenvalue weighted by atomic mass is 35.5. The zero-order valence-electron chi connectivity index (χ0n) is 9.86. The van der Waals surface area contributed by atoms with Crippen molar-refractivity contribution in [2.75, 3.05) is 24.8 Å². The Morgan fingerprint density at radius 2 is 1.94 bits per heavy atom. The van der Waals surface area contributed by atoms with Crippen molar-refractivity contribution in [3.8, 4) is 0 Å². The van der Waals surface area contributed by atoms with E-state index in [9.17, 15) is 8.42 Å². The van der Waals surface area contributed by atoms with Crippen LogP contribution in [0.5, 0.6) is 0 Å². The van der Waals surface area contributed by atoms with Gasteiger partial charge in [-0.1, -0.05) is 24.3 Å². The first-order chi connectivity index (χ1) is 8.05. The highest BCUT2D eigenvalue weighted by Crippen LogP contribution is 2.11. The van der Waals surface area contributed by atoms with Gasteiger partial charge >= 0.3 is 0 Å². The first-order valence-electron chi connectivity index (χ1n) is 5.44. The summed E-state index contributed by atoms with van der Waals surface area (Å²) in [6.07, 6.45) is 0. The molecule has 1 aromatic carbocycles. The third-order valence-corrected chi connectivity index (χ3v) is 4.09. The van der Waals surface area contributed by atoms with Gasteiger partial charge in [0.1, 0.15) is 0 Å². The molecule has 96 valence electrons. The molecule has 0 aliphatic heterocycles. The number of ether oxygens (including phenoxy) is 1. The van der Waals surface area contributed by atoms with E-state index in [-0.39, 0.29) is 18.1 Å². The lowest BCUT2D eigenvalue weighted by Crippen LogP contribution is -2.15. The van der Waals surface area contributed by atoms with Crippen molar-refractivity contribution >= 4 is 21.4 Å². The molecule has 0 aliphatic rings. The first-order valence-corrected chi connectivity index (χ1v) is 7.79. The summed E-state index contributed by atoms with van der Waals surface area (Å²) in [6, 6.07) is 7.50. The summed E-state index contributed by atoms with van der Waals surface area (Å²) in [5.74, 6) is 0.500. The molecule has 17 heavy (non-hydrogen) atoms. The smallest absolute Gasteiger partial charge is 0.156 e. The first kappa shape index (κ1) is 14.5. The van der Waals surface area contributed by atoms with Crippen LogP contribution in [0.2, 0.25) is 0 Å². The van der Waals surface area contributed by atoms with Gasteiger partial charge in [-0.15, -0.1) is 11.6 Å². The Kier molecular flexibility index (Phi) is 5.95. The lowest BCUT2D eigenvalue weighted by atomic mass is 10.1. The molecular formula is C12H17ClO3S. The number of sulfone groups is 1. The summed E-state index contributed by atoms with van der Waals surface area (Å²) in [7, 11) is -3.11. The number of hydrogen-bond donors (Lipinski definition) is 0. The molecule has 3 nitrogen and oxygen atoms in total. The normalized spacial score (nSPS) is 11.6. The molecule has 1 rings (SSSR count). The maximum atomic E-state index is 11.8. The molecule has 1 aromatic rings. The molecule has 0 N–H and O–H groups in total. The van der Waals surface area contributed by atoms with E-state index in [1.165, 1.54) is 0 Å². The Labute approximate surface area is 108 Å². The van der Waals surface area contributed by atoms with Crippen molar-refractivity contribution in [3.63, 3.8) is 0 Å². The number of aryl methyl sites for hydroxylation is 1. The lowest BCUT2D eigenvalue weighted by molar-refractivity contribution is 0.165. The van der Waals surface area contributed by atoms with E-state index >= 15 is 0 Å². The number of benzene rings is 1. The van der Waals surface area contributed by atoms with E-state index in [1.807, 2.05) is 31.2 Å². The molecule has 0 unspecified atom stereocenters. The van der Waals surface area contributed by atoms with Crippen LogP contribution in [-0.2, 0) is 20.3 Å². The van der Waals surface area contributed by atoms with Crippen LogP contribution in [0.4, 0.5) is 0 Å². The SMILES string of the molecule is Cc1ccccc1CS(=O)(=O)CCOCCCl. The molecule has 0 saturated heterocycles. The van der Waals surface area contributed by atoms with Gasteiger partial charge < -0.3 is 4.74 Å². The van der Waals surface area contributed by atoms with E-state index < -0.39 is 9.84 Å². The summed E-state index contributed by atoms with van der Waals surface area (Å²) in [6.45, 7) is 2.51. The van der Waals surface area contributed by atoms with Crippen molar-refractivity contribution in [2.45, 2.75) is 12.7 Å². The van der Waals surface area contributed by atoms with Crippen molar-refractivity contribution < 1.29 is 13.2 Å². The van der Waals surface area contributed by atoms with Crippen LogP contribution in [0.1, 0.15) is 11.1 Å². The van der Waals surface area contributed by atoms with E-state index in [1.54, 1.807) is 0 Å². The molecule has 0 spiro atoms. The fraction of sp³-hybridized carbons (Fsp3) is 0.500. The molecule has 0 amide bonds. The molecule has 0 aliphatic carbocycles. The Hall–Kier alpha value is -0.580. The zero-order chi connectivity index (χ0) is 12.7. The summed E-state index contributed by atoms with van der Waals surface area (Å²) < 4.78 is 28.7. The van der Waals surface area contributed by atoms with Gasteiger partial charge in [0.25, 0.3) is 0 Å². The van der Waals surface area contributed by atoms with E-state index in [0.717, 1.165) is 11.1 Å². The molecule has 5 heteroatoms. The highest BCUT2D eigenvalue weighted by molar-refractivity contribution is 7.90. The highest BCUT2D eigenvalue weighted by Gasteiger charge is 2.13. The van der Waals surface area contributed by atoms with Crippen LogP contribution in [0.15, 0.2) is 24.3 Å². The van der Waals surface area contributed by atoms with E-state index in [4.69, 9.17) is 16.3 Å². The van der Waals surface area contributed by atoms with Gasteiger partial charge in [-0.05, 0) is 18.1 Å². The largest absolute Gasteiger partial charge is 0.379 e. The Bertz CT molecular complexity index is 443. The Morgan fingerprint density at radius 1 is 1.24 bits per heavy atom. The van der Waals surface area contributed by atoms with Crippen LogP contribution < -0.4 is 0 Å². The third kappa shape index (κ3) is 5.52. The van der Waals surface area contributed by atoms with Crippen molar-refractivity contribution in [1.82, 2.24) is 0 Å². The standard InChI is InChI=1S/C12H17ClO3S/c1-11-4-2-3-5-12(11)10-17(14,15)9-8-16-7-6-13/h2-5H,6-10H2,1H3. The fourth-order valence-electron chi connectivity index (χ4n) is 1.42. The van der Waals surface area contributed by atoms with Crippen molar-refractivity contribution in [3.05, 3.63) is 35.4 Å². The fourth-order valence-corrected chi connectivity index (χ4v) is 2.85. The third-order valence-electron chi connectivity index (χ3n) is 2.40. The average Bonchev–Trinajstić information content (AvgIpc) is 2.28. The number of hydrogen-bond acceptors (Lipinski definition) is 3. The van der Waals surface area contributed by atoms with Crippen molar-refractivity contribution in [2.24, 2.45) is 0 Å². The van der Waals surface area contributed by atoms with Gasteiger partial charge in [-0.25, -0.2) is 8.42 Å². The predicted molar refractivity (Wildman–Crippen MR) is 70.2 cm³/mol. The van der Waals surface area contributed by atoms with Gasteiger partial charge in [0.05, 0.1) is 24.7 Å². The molecule has 0 heterocycles. The number of halogens is 1. The zero-order valence-corrected chi connectivity index (χ0v) is 11.4. The second-order valence-corrected chi connectivity index (χ2v) is 6.38. The molecule has 0 saturated carbocycles. The minimum absolute atomic E-state index is 0.0399. The summed E-state index contributed by atoms with van der Waals surface area (Å²) >= 11 is 5.43. The monoisotopic (exact) mass is 276 g/mol. The number of rotatable bonds is 7. The quantitative estimate of drug-likeness (QED) is 0.566. The lowest BCUT2D eigenvalue weighted by Gasteiger charge is -2.07. The molecule has 0 aromatic heterocycles. The predicted octanol–water partition coefficient (Wildman–Crippen LogP) is 2.17. The minimum atomic E-state index is -3.11. The maximum Gasteiger partial charge on any atom is 0.156 e. The minimum Gasteiger partial charge on any atom is -0.379 e. The number of alkyl halides is 1. The van der Waals surface area contributed by atoms with Crippen LogP contribution >= 0.6 is 11.6 Å². The Morgan fingerprint density at radius 3 is 2.59 bits per heavy atom. The summed E-state index contributed by atoms with van der Waals surface area (Å²) in [5, 5.41) is 0. The second kappa shape index (κ2) is 6.99. The van der Waals surface area contributed by atoms with E-state index in [2.05, 4.69) is 0 Å². The molecule has 0 radical (unpaired) electrons. The average molecular weight is 277 g/mol. The van der Waals surface area contributed by atoms with E-state index in [0.29, 0.717) is 12.5 Å². The van der Waals surface area contributed by atoms with Crippen LogP contribution in [-0.4, -0.2) is 33.3 Å². The molecule has 0 bridgehead atoms. The molecule has 0 fully saturated rings. The van der Waals surface area contributed by atoms with Gasteiger partial charge in [-0.3, -0.25) is 0 Å². The summed E-state index contributed by atoms with van der Waals surface area (Å²) in [4.78, 5) is 0. The van der Waals surface area contributed by atoms with Gasteiger partial charge in [-0.2, -0.15) is 0 Å². The van der Waals surface area contributed by atoms with Gasteiger partial charge in [0.2, 0.25) is 0 Å². The van der Waals surface area contributed by atoms with Crippen LogP contribution in [0.25, 0.3) is 0 Å². The van der Waals surface area contributed by atoms with Crippen LogP contribution in [0.3, 0.4) is 0 Å². The molecule has 0 atom stereocenters.